The number of hydrogen-bond acceptors (Lipinski definition) is 3. The third kappa shape index (κ3) is 3.34. The van der Waals surface area contributed by atoms with Crippen LogP contribution in [-0.2, 0) is 11.8 Å². The molecular formula is C12H22N2O. The summed E-state index contributed by atoms with van der Waals surface area (Å²) in [5.74, 6) is 0.926. The van der Waals surface area contributed by atoms with E-state index in [1.54, 1.807) is 0 Å². The summed E-state index contributed by atoms with van der Waals surface area (Å²) in [6.07, 6.45) is 0.840. The molecule has 0 aliphatic carbocycles. The van der Waals surface area contributed by atoms with Crippen molar-refractivity contribution in [3.8, 4) is 0 Å². The average Bonchev–Trinajstić information content (AvgIpc) is 2.51. The van der Waals surface area contributed by atoms with Crippen LogP contribution < -0.4 is 5.73 Å². The second-order valence-electron chi connectivity index (χ2n) is 5.97. The summed E-state index contributed by atoms with van der Waals surface area (Å²) in [6.45, 7) is 11.3. The minimum absolute atomic E-state index is 0.0502. The molecule has 0 spiro atoms. The Morgan fingerprint density at radius 2 is 1.87 bits per heavy atom. The second-order valence-corrected chi connectivity index (χ2v) is 5.97. The maximum absolute atomic E-state index is 5.68. The van der Waals surface area contributed by atoms with Crippen molar-refractivity contribution in [3.63, 3.8) is 0 Å². The predicted octanol–water partition coefficient (Wildman–Crippen LogP) is 2.50. The van der Waals surface area contributed by atoms with E-state index in [1.165, 1.54) is 0 Å². The molecule has 1 heterocycles. The van der Waals surface area contributed by atoms with E-state index in [4.69, 9.17) is 10.3 Å². The first-order valence-electron chi connectivity index (χ1n) is 5.41. The van der Waals surface area contributed by atoms with Crippen LogP contribution in [0.25, 0.3) is 0 Å². The van der Waals surface area contributed by atoms with Gasteiger partial charge in [0, 0.05) is 17.9 Å². The third-order valence-electron chi connectivity index (χ3n) is 2.53. The molecule has 1 rings (SSSR count). The van der Waals surface area contributed by atoms with Crippen molar-refractivity contribution >= 4 is 0 Å². The molecule has 2 N–H and O–H groups in total. The molecule has 0 bridgehead atoms. The number of rotatable bonds is 3. The van der Waals surface area contributed by atoms with Crippen molar-refractivity contribution in [2.75, 3.05) is 6.54 Å². The fourth-order valence-corrected chi connectivity index (χ4v) is 1.29. The van der Waals surface area contributed by atoms with Gasteiger partial charge in [-0.2, -0.15) is 0 Å². The normalized spacial score (nSPS) is 13.2. The van der Waals surface area contributed by atoms with Crippen molar-refractivity contribution in [2.45, 2.75) is 46.5 Å². The molecule has 15 heavy (non-hydrogen) atoms. The molecule has 0 aliphatic rings. The quantitative estimate of drug-likeness (QED) is 0.834. The van der Waals surface area contributed by atoms with Crippen LogP contribution >= 0.6 is 0 Å². The maximum atomic E-state index is 5.68. The van der Waals surface area contributed by atoms with E-state index < -0.39 is 0 Å². The molecule has 0 radical (unpaired) electrons. The molecule has 0 atom stereocenters. The fraction of sp³-hybridized carbons (Fsp3) is 0.750. The van der Waals surface area contributed by atoms with Crippen LogP contribution in [0.4, 0.5) is 0 Å². The first-order valence-corrected chi connectivity index (χ1v) is 5.41. The predicted molar refractivity (Wildman–Crippen MR) is 61.7 cm³/mol. The van der Waals surface area contributed by atoms with Crippen molar-refractivity contribution in [3.05, 3.63) is 17.5 Å². The SMILES string of the molecule is CC(C)(CN)Cc1cc(C(C)(C)C)no1. The van der Waals surface area contributed by atoms with Gasteiger partial charge in [-0.05, 0) is 12.0 Å². The first-order chi connectivity index (χ1) is 6.74. The topological polar surface area (TPSA) is 52.0 Å². The molecule has 3 nitrogen and oxygen atoms in total. The maximum Gasteiger partial charge on any atom is 0.137 e. The van der Waals surface area contributed by atoms with Crippen molar-refractivity contribution in [1.82, 2.24) is 5.16 Å². The Hall–Kier alpha value is -0.830. The summed E-state index contributed by atoms with van der Waals surface area (Å²) >= 11 is 0. The van der Waals surface area contributed by atoms with Gasteiger partial charge in [0.1, 0.15) is 5.76 Å². The molecule has 1 aromatic rings. The van der Waals surface area contributed by atoms with E-state index in [0.29, 0.717) is 6.54 Å². The van der Waals surface area contributed by atoms with Crippen LogP contribution in [0, 0.1) is 5.41 Å². The first kappa shape index (κ1) is 12.2. The Kier molecular flexibility index (Phi) is 3.24. The highest BCUT2D eigenvalue weighted by Crippen LogP contribution is 2.25. The standard InChI is InChI=1S/C12H22N2O/c1-11(2,3)10-6-9(15-14-10)7-12(4,5)8-13/h6H,7-8,13H2,1-5H3. The summed E-state index contributed by atoms with van der Waals surface area (Å²) in [6, 6.07) is 2.04. The third-order valence-corrected chi connectivity index (χ3v) is 2.53. The van der Waals surface area contributed by atoms with Crippen molar-refractivity contribution in [2.24, 2.45) is 11.1 Å². The van der Waals surface area contributed by atoms with E-state index in [9.17, 15) is 0 Å². The van der Waals surface area contributed by atoms with Gasteiger partial charge in [0.2, 0.25) is 0 Å². The molecular weight excluding hydrogens is 188 g/mol. The molecule has 0 amide bonds. The zero-order valence-electron chi connectivity index (χ0n) is 10.4. The lowest BCUT2D eigenvalue weighted by Gasteiger charge is -2.19. The van der Waals surface area contributed by atoms with Crippen LogP contribution in [0.15, 0.2) is 10.6 Å². The zero-order valence-corrected chi connectivity index (χ0v) is 10.4. The van der Waals surface area contributed by atoms with Crippen LogP contribution in [-0.4, -0.2) is 11.7 Å². The smallest absolute Gasteiger partial charge is 0.137 e. The van der Waals surface area contributed by atoms with Crippen molar-refractivity contribution < 1.29 is 4.52 Å². The fourth-order valence-electron chi connectivity index (χ4n) is 1.29. The number of hydrogen-bond donors (Lipinski definition) is 1. The summed E-state index contributed by atoms with van der Waals surface area (Å²) in [5, 5.41) is 4.09. The highest BCUT2D eigenvalue weighted by atomic mass is 16.5. The van der Waals surface area contributed by atoms with Crippen LogP contribution in [0.5, 0.6) is 0 Å². The Balaban J connectivity index is 2.78. The van der Waals surface area contributed by atoms with Crippen molar-refractivity contribution in [1.29, 1.82) is 0 Å². The van der Waals surface area contributed by atoms with Crippen LogP contribution in [0.2, 0.25) is 0 Å². The molecule has 0 aliphatic heterocycles. The molecule has 0 saturated carbocycles. The van der Waals surface area contributed by atoms with E-state index in [1.807, 2.05) is 6.07 Å². The highest BCUT2D eigenvalue weighted by molar-refractivity contribution is 5.14. The lowest BCUT2D eigenvalue weighted by Crippen LogP contribution is -2.25. The number of nitrogens with two attached hydrogens (primary N) is 1. The van der Waals surface area contributed by atoms with E-state index in [0.717, 1.165) is 17.9 Å². The monoisotopic (exact) mass is 210 g/mol. The lowest BCUT2D eigenvalue weighted by atomic mass is 9.87. The van der Waals surface area contributed by atoms with Crippen LogP contribution in [0.3, 0.4) is 0 Å². The molecule has 0 fully saturated rings. The zero-order chi connectivity index (χ0) is 11.7. The summed E-state index contributed by atoms with van der Waals surface area (Å²) in [7, 11) is 0. The Labute approximate surface area is 92.0 Å². The van der Waals surface area contributed by atoms with Gasteiger partial charge in [-0.1, -0.05) is 39.8 Å². The van der Waals surface area contributed by atoms with Gasteiger partial charge >= 0.3 is 0 Å². The Morgan fingerprint density at radius 3 is 2.27 bits per heavy atom. The summed E-state index contributed by atoms with van der Waals surface area (Å²) in [5.41, 5.74) is 6.82. The summed E-state index contributed by atoms with van der Waals surface area (Å²) < 4.78 is 5.32. The highest BCUT2D eigenvalue weighted by Gasteiger charge is 2.23. The molecule has 86 valence electrons. The molecule has 0 aromatic carbocycles. The molecule has 0 saturated heterocycles. The molecule has 3 heteroatoms. The summed E-state index contributed by atoms with van der Waals surface area (Å²) in [4.78, 5) is 0. The van der Waals surface area contributed by atoms with Gasteiger partial charge in [-0.15, -0.1) is 0 Å². The van der Waals surface area contributed by atoms with E-state index >= 15 is 0 Å². The minimum atomic E-state index is 0.0502. The minimum Gasteiger partial charge on any atom is -0.361 e. The molecule has 0 unspecified atom stereocenters. The van der Waals surface area contributed by atoms with Gasteiger partial charge in [-0.25, -0.2) is 0 Å². The Bertz CT molecular complexity index is 321. The lowest BCUT2D eigenvalue weighted by molar-refractivity contribution is 0.301. The molecule has 1 aromatic heterocycles. The number of aromatic nitrogens is 1. The van der Waals surface area contributed by atoms with Crippen LogP contribution in [0.1, 0.15) is 46.1 Å². The Morgan fingerprint density at radius 1 is 1.27 bits per heavy atom. The van der Waals surface area contributed by atoms with Gasteiger partial charge in [0.15, 0.2) is 0 Å². The van der Waals surface area contributed by atoms with E-state index in [-0.39, 0.29) is 10.8 Å². The van der Waals surface area contributed by atoms with Gasteiger partial charge in [-0.3, -0.25) is 0 Å². The second kappa shape index (κ2) is 3.97. The largest absolute Gasteiger partial charge is 0.361 e. The average molecular weight is 210 g/mol. The van der Waals surface area contributed by atoms with Gasteiger partial charge < -0.3 is 10.3 Å². The van der Waals surface area contributed by atoms with Gasteiger partial charge in [0.05, 0.1) is 5.69 Å². The van der Waals surface area contributed by atoms with E-state index in [2.05, 4.69) is 39.8 Å². The number of nitrogens with zero attached hydrogens (tertiary/aromatic N) is 1. The van der Waals surface area contributed by atoms with Gasteiger partial charge in [0.25, 0.3) is 0 Å².